The lowest BCUT2D eigenvalue weighted by molar-refractivity contribution is -0.385. The molecule has 0 aliphatic carbocycles. The number of Topliss-reactive ketones (excluding diaryl/α,β-unsaturated/α-hetero) is 1. The minimum Gasteiger partial charge on any atom is -0.496 e. The summed E-state index contributed by atoms with van der Waals surface area (Å²) in [6.07, 6.45) is 0. The molecule has 1 aromatic carbocycles. The van der Waals surface area contributed by atoms with Gasteiger partial charge in [0.2, 0.25) is 0 Å². The second-order valence-electron chi connectivity index (χ2n) is 2.82. The average Bonchev–Trinajstić information content (AvgIpc) is 2.26. The van der Waals surface area contributed by atoms with Gasteiger partial charge in [0.15, 0.2) is 5.78 Å². The zero-order valence-electron chi connectivity index (χ0n) is 8.20. The molecule has 0 aromatic heterocycles. The van der Waals surface area contributed by atoms with Crippen LogP contribution in [-0.4, -0.2) is 23.1 Å². The number of ether oxygens (including phenoxy) is 1. The third-order valence-corrected chi connectivity index (χ3v) is 3.00. The Balaban J connectivity index is 3.40. The summed E-state index contributed by atoms with van der Waals surface area (Å²) in [7, 11) is 1.36. The number of nitro benzene ring substituents is 1. The lowest BCUT2D eigenvalue weighted by Gasteiger charge is -2.08. The normalized spacial score (nSPS) is 9.94. The Hall–Kier alpha value is -0.950. The first-order valence-corrected chi connectivity index (χ1v) is 6.03. The van der Waals surface area contributed by atoms with Crippen molar-refractivity contribution in [2.24, 2.45) is 0 Å². The Bertz CT molecular complexity index is 447. The highest BCUT2D eigenvalue weighted by Crippen LogP contribution is 2.32. The highest BCUT2D eigenvalue weighted by molar-refractivity contribution is 9.10. The molecule has 0 saturated heterocycles. The quantitative estimate of drug-likeness (QED) is 0.361. The van der Waals surface area contributed by atoms with Crippen molar-refractivity contribution in [2.75, 3.05) is 12.4 Å². The number of carbonyl (C=O) groups excluding carboxylic acids is 1. The molecule has 0 aliphatic rings. The van der Waals surface area contributed by atoms with E-state index in [1.54, 1.807) is 0 Å². The lowest BCUT2D eigenvalue weighted by atomic mass is 10.1. The van der Waals surface area contributed by atoms with E-state index in [0.29, 0.717) is 10.0 Å². The van der Waals surface area contributed by atoms with Crippen LogP contribution in [-0.2, 0) is 0 Å². The van der Waals surface area contributed by atoms with Crippen LogP contribution in [0.4, 0.5) is 5.69 Å². The first kappa shape index (κ1) is 13.1. The molecule has 0 heterocycles. The fourth-order valence-corrected chi connectivity index (χ4v) is 2.10. The lowest BCUT2D eigenvalue weighted by Crippen LogP contribution is -2.05. The molecule has 0 radical (unpaired) electrons. The first-order valence-electron chi connectivity index (χ1n) is 4.12. The van der Waals surface area contributed by atoms with Gasteiger partial charge in [-0.3, -0.25) is 14.9 Å². The molecule has 0 fully saturated rings. The standard InChI is InChI=1S/C9H7Br2NO4/c1-16-8-3-5(12(14)15)2-6(11)9(8)7(13)4-10/h2-3H,4H2,1H3. The maximum absolute atomic E-state index is 11.6. The molecule has 0 atom stereocenters. The van der Waals surface area contributed by atoms with E-state index in [-0.39, 0.29) is 22.6 Å². The molecular formula is C9H7Br2NO4. The van der Waals surface area contributed by atoms with Crippen molar-refractivity contribution < 1.29 is 14.5 Å². The van der Waals surface area contributed by atoms with Crippen molar-refractivity contribution in [1.82, 2.24) is 0 Å². The number of benzene rings is 1. The first-order chi connectivity index (χ1) is 7.51. The van der Waals surface area contributed by atoms with Crippen LogP contribution in [0.1, 0.15) is 10.4 Å². The summed E-state index contributed by atoms with van der Waals surface area (Å²) < 4.78 is 5.31. The predicted molar refractivity (Wildman–Crippen MR) is 65.5 cm³/mol. The molecular weight excluding hydrogens is 346 g/mol. The van der Waals surface area contributed by atoms with Gasteiger partial charge in [-0.15, -0.1) is 0 Å². The molecule has 1 aromatic rings. The summed E-state index contributed by atoms with van der Waals surface area (Å²) in [4.78, 5) is 21.6. The minimum absolute atomic E-state index is 0.125. The summed E-state index contributed by atoms with van der Waals surface area (Å²) in [6, 6.07) is 2.50. The van der Waals surface area contributed by atoms with Crippen LogP contribution in [0.25, 0.3) is 0 Å². The van der Waals surface area contributed by atoms with Crippen LogP contribution in [0.2, 0.25) is 0 Å². The summed E-state index contributed by atoms with van der Waals surface area (Å²) >= 11 is 6.16. The minimum atomic E-state index is -0.546. The molecule has 0 spiro atoms. The van der Waals surface area contributed by atoms with Crippen LogP contribution in [0.3, 0.4) is 0 Å². The van der Waals surface area contributed by atoms with Crippen LogP contribution in [0.5, 0.6) is 5.75 Å². The van der Waals surface area contributed by atoms with E-state index in [1.165, 1.54) is 19.2 Å². The topological polar surface area (TPSA) is 69.4 Å². The third kappa shape index (κ3) is 2.59. The second kappa shape index (κ2) is 5.40. The summed E-state index contributed by atoms with van der Waals surface area (Å²) in [5, 5.41) is 10.7. The molecule has 0 bridgehead atoms. The fraction of sp³-hybridized carbons (Fsp3) is 0.222. The number of non-ortho nitro benzene ring substituents is 1. The van der Waals surface area contributed by atoms with Crippen molar-refractivity contribution in [3.05, 3.63) is 32.3 Å². The van der Waals surface area contributed by atoms with Gasteiger partial charge in [0.05, 0.1) is 29.0 Å². The number of alkyl halides is 1. The summed E-state index contributed by atoms with van der Waals surface area (Å²) in [5.74, 6) is -0.0239. The van der Waals surface area contributed by atoms with Gasteiger partial charge in [-0.2, -0.15) is 0 Å². The second-order valence-corrected chi connectivity index (χ2v) is 4.23. The van der Waals surface area contributed by atoms with Gasteiger partial charge in [0, 0.05) is 10.5 Å². The van der Waals surface area contributed by atoms with Crippen molar-refractivity contribution >= 4 is 43.3 Å². The van der Waals surface area contributed by atoms with E-state index in [2.05, 4.69) is 31.9 Å². The van der Waals surface area contributed by atoms with Gasteiger partial charge in [0.25, 0.3) is 5.69 Å². The Morgan fingerprint density at radius 3 is 2.62 bits per heavy atom. The summed E-state index contributed by atoms with van der Waals surface area (Å²) in [5.41, 5.74) is 0.167. The molecule has 0 N–H and O–H groups in total. The van der Waals surface area contributed by atoms with Gasteiger partial charge in [-0.25, -0.2) is 0 Å². The molecule has 7 heteroatoms. The largest absolute Gasteiger partial charge is 0.496 e. The molecule has 0 amide bonds. The van der Waals surface area contributed by atoms with Gasteiger partial charge in [-0.05, 0) is 15.9 Å². The number of nitrogens with zero attached hydrogens (tertiary/aromatic N) is 1. The van der Waals surface area contributed by atoms with E-state index in [4.69, 9.17) is 4.74 Å². The van der Waals surface area contributed by atoms with E-state index < -0.39 is 4.92 Å². The highest BCUT2D eigenvalue weighted by Gasteiger charge is 2.20. The smallest absolute Gasteiger partial charge is 0.274 e. The molecule has 0 unspecified atom stereocenters. The van der Waals surface area contributed by atoms with Crippen LogP contribution >= 0.6 is 31.9 Å². The predicted octanol–water partition coefficient (Wildman–Crippen LogP) is 2.94. The number of hydrogen-bond donors (Lipinski definition) is 0. The van der Waals surface area contributed by atoms with E-state index in [0.717, 1.165) is 0 Å². The molecule has 0 saturated carbocycles. The Morgan fingerprint density at radius 2 is 2.19 bits per heavy atom. The summed E-state index contributed by atoms with van der Waals surface area (Å²) in [6.45, 7) is 0. The number of ketones is 1. The zero-order chi connectivity index (χ0) is 12.3. The van der Waals surface area contributed by atoms with Crippen molar-refractivity contribution in [2.45, 2.75) is 0 Å². The Labute approximate surface area is 108 Å². The number of halogens is 2. The van der Waals surface area contributed by atoms with Crippen LogP contribution in [0.15, 0.2) is 16.6 Å². The SMILES string of the molecule is COc1cc([N+](=O)[O-])cc(Br)c1C(=O)CBr. The molecule has 0 aliphatic heterocycles. The maximum Gasteiger partial charge on any atom is 0.274 e. The fourth-order valence-electron chi connectivity index (χ4n) is 1.17. The third-order valence-electron chi connectivity index (χ3n) is 1.87. The highest BCUT2D eigenvalue weighted by atomic mass is 79.9. The van der Waals surface area contributed by atoms with Crippen molar-refractivity contribution in [1.29, 1.82) is 0 Å². The van der Waals surface area contributed by atoms with E-state index in [1.807, 2.05) is 0 Å². The molecule has 5 nitrogen and oxygen atoms in total. The van der Waals surface area contributed by atoms with Crippen molar-refractivity contribution in [3.8, 4) is 5.75 Å². The monoisotopic (exact) mass is 351 g/mol. The Kier molecular flexibility index (Phi) is 4.43. The molecule has 1 rings (SSSR count). The number of rotatable bonds is 4. The van der Waals surface area contributed by atoms with Gasteiger partial charge in [0.1, 0.15) is 5.75 Å². The number of hydrogen-bond acceptors (Lipinski definition) is 4. The van der Waals surface area contributed by atoms with Gasteiger partial charge >= 0.3 is 0 Å². The number of carbonyl (C=O) groups is 1. The zero-order valence-corrected chi connectivity index (χ0v) is 11.4. The maximum atomic E-state index is 11.6. The van der Waals surface area contributed by atoms with Crippen LogP contribution < -0.4 is 4.74 Å². The van der Waals surface area contributed by atoms with Gasteiger partial charge in [-0.1, -0.05) is 15.9 Å². The number of methoxy groups -OCH3 is 1. The molecule has 86 valence electrons. The van der Waals surface area contributed by atoms with Crippen molar-refractivity contribution in [3.63, 3.8) is 0 Å². The number of nitro groups is 1. The van der Waals surface area contributed by atoms with Gasteiger partial charge < -0.3 is 4.74 Å². The average molecular weight is 353 g/mol. The Morgan fingerprint density at radius 1 is 1.56 bits per heavy atom. The molecule has 16 heavy (non-hydrogen) atoms. The van der Waals surface area contributed by atoms with E-state index in [9.17, 15) is 14.9 Å². The van der Waals surface area contributed by atoms with E-state index >= 15 is 0 Å². The van der Waals surface area contributed by atoms with Crippen LogP contribution in [0, 0.1) is 10.1 Å².